The van der Waals surface area contributed by atoms with Crippen molar-refractivity contribution in [3.8, 4) is 11.8 Å². The maximum Gasteiger partial charge on any atom is 0.410 e. The smallest absolute Gasteiger partial charge is 0.410 e. The summed E-state index contributed by atoms with van der Waals surface area (Å²) < 4.78 is 11.3. The predicted molar refractivity (Wildman–Crippen MR) is 120 cm³/mol. The molecule has 1 atom stereocenters. The van der Waals surface area contributed by atoms with Crippen LogP contribution in [0.15, 0.2) is 24.3 Å². The Morgan fingerprint density at radius 1 is 1.16 bits per heavy atom. The van der Waals surface area contributed by atoms with E-state index in [2.05, 4.69) is 11.8 Å². The quantitative estimate of drug-likeness (QED) is 0.532. The molecule has 0 saturated carbocycles. The van der Waals surface area contributed by atoms with Gasteiger partial charge in [-0.05, 0) is 57.7 Å². The minimum Gasteiger partial charge on any atom is -0.444 e. The van der Waals surface area contributed by atoms with E-state index in [1.54, 1.807) is 4.90 Å². The average molecular weight is 441 g/mol. The highest BCUT2D eigenvalue weighted by atomic mass is 16.6. The van der Waals surface area contributed by atoms with Gasteiger partial charge in [-0.15, -0.1) is 0 Å². The van der Waals surface area contributed by atoms with Gasteiger partial charge in [0.2, 0.25) is 11.8 Å². The molecule has 3 amide bonds. The van der Waals surface area contributed by atoms with Crippen LogP contribution in [-0.2, 0) is 19.1 Å². The molecule has 2 heterocycles. The maximum absolute atomic E-state index is 12.4. The Hall–Kier alpha value is -2.85. The topological polar surface area (TPSA) is 76.2 Å². The summed E-state index contributed by atoms with van der Waals surface area (Å²) in [7, 11) is 1.54. The van der Waals surface area contributed by atoms with Crippen molar-refractivity contribution in [3.63, 3.8) is 0 Å². The Morgan fingerprint density at radius 2 is 1.88 bits per heavy atom. The number of hydrogen-bond donors (Lipinski definition) is 0. The normalized spacial score (nSPS) is 20.1. The number of amides is 3. The summed E-state index contributed by atoms with van der Waals surface area (Å²) in [6, 6.07) is 7.61. The second-order valence-corrected chi connectivity index (χ2v) is 9.29. The highest BCUT2D eigenvalue weighted by Crippen LogP contribution is 2.28. The summed E-state index contributed by atoms with van der Waals surface area (Å²) in [6.45, 7) is 7.12. The molecule has 32 heavy (non-hydrogen) atoms. The fourth-order valence-corrected chi connectivity index (χ4v) is 3.89. The van der Waals surface area contributed by atoms with Gasteiger partial charge in [0.05, 0.1) is 12.0 Å². The molecule has 0 spiro atoms. The molecular weight excluding hydrogens is 408 g/mol. The second kappa shape index (κ2) is 10.2. The Labute approximate surface area is 190 Å². The molecule has 0 aliphatic carbocycles. The van der Waals surface area contributed by atoms with Crippen molar-refractivity contribution in [1.29, 1.82) is 0 Å². The molecule has 7 nitrogen and oxygen atoms in total. The number of nitrogens with zero attached hydrogens (tertiary/aromatic N) is 2. The predicted octanol–water partition coefficient (Wildman–Crippen LogP) is 3.32. The van der Waals surface area contributed by atoms with Crippen molar-refractivity contribution in [2.45, 2.75) is 64.1 Å². The van der Waals surface area contributed by atoms with Gasteiger partial charge < -0.3 is 14.4 Å². The van der Waals surface area contributed by atoms with E-state index in [4.69, 9.17) is 9.47 Å². The van der Waals surface area contributed by atoms with Crippen LogP contribution >= 0.6 is 0 Å². The Morgan fingerprint density at radius 3 is 2.56 bits per heavy atom. The van der Waals surface area contributed by atoms with Crippen molar-refractivity contribution >= 4 is 17.9 Å². The van der Waals surface area contributed by atoms with Gasteiger partial charge in [0.15, 0.2) is 0 Å². The van der Waals surface area contributed by atoms with Gasteiger partial charge in [-0.3, -0.25) is 14.5 Å². The standard InChI is InChI=1S/C25H32N2O5/c1-25(2,3)32-24(30)27-14-12-20(13-15-27)31-16-6-8-18-7-5-9-19(17-18)21-10-11-22(28)26(4)23(21)29/h5,7,9,17,20-21H,10-16H2,1-4H3. The van der Waals surface area contributed by atoms with Crippen LogP contribution in [0.1, 0.15) is 63.5 Å². The number of rotatable bonds is 3. The summed E-state index contributed by atoms with van der Waals surface area (Å²) in [4.78, 5) is 39.2. The van der Waals surface area contributed by atoms with Crippen molar-refractivity contribution in [3.05, 3.63) is 35.4 Å². The molecule has 0 bridgehead atoms. The maximum atomic E-state index is 12.4. The zero-order valence-electron chi connectivity index (χ0n) is 19.3. The largest absolute Gasteiger partial charge is 0.444 e. The molecule has 1 unspecified atom stereocenters. The minimum atomic E-state index is -0.491. The van der Waals surface area contributed by atoms with Crippen LogP contribution in [0, 0.1) is 11.8 Å². The number of carbonyl (C=O) groups excluding carboxylic acids is 3. The first-order valence-electron chi connectivity index (χ1n) is 11.1. The fourth-order valence-electron chi connectivity index (χ4n) is 3.89. The molecule has 172 valence electrons. The van der Waals surface area contributed by atoms with E-state index in [9.17, 15) is 14.4 Å². The van der Waals surface area contributed by atoms with Gasteiger partial charge in [0.25, 0.3) is 0 Å². The third-order valence-corrected chi connectivity index (χ3v) is 5.66. The first-order valence-corrected chi connectivity index (χ1v) is 11.1. The third-order valence-electron chi connectivity index (χ3n) is 5.66. The summed E-state index contributed by atoms with van der Waals surface area (Å²) >= 11 is 0. The number of likely N-dealkylation sites (N-methyl/N-ethyl adjacent to an activating group) is 1. The first-order chi connectivity index (χ1) is 15.1. The zero-order chi connectivity index (χ0) is 23.3. The summed E-state index contributed by atoms with van der Waals surface area (Å²) in [5.74, 6) is 5.56. The first kappa shape index (κ1) is 23.8. The van der Waals surface area contributed by atoms with Gasteiger partial charge in [-0.1, -0.05) is 24.0 Å². The van der Waals surface area contributed by atoms with Crippen molar-refractivity contribution in [2.24, 2.45) is 0 Å². The van der Waals surface area contributed by atoms with Crippen LogP contribution in [0.2, 0.25) is 0 Å². The van der Waals surface area contributed by atoms with Gasteiger partial charge in [0.1, 0.15) is 12.2 Å². The molecule has 3 rings (SSSR count). The Bertz CT molecular complexity index is 916. The molecule has 2 fully saturated rings. The van der Waals surface area contributed by atoms with Gasteiger partial charge in [0, 0.05) is 32.1 Å². The van der Waals surface area contributed by atoms with Gasteiger partial charge in [-0.2, -0.15) is 0 Å². The number of hydrogen-bond acceptors (Lipinski definition) is 5. The minimum absolute atomic E-state index is 0.0715. The average Bonchev–Trinajstić information content (AvgIpc) is 2.74. The SMILES string of the molecule is CN1C(=O)CCC(c2cccc(C#CCOC3CCN(C(=O)OC(C)(C)C)CC3)c2)C1=O. The van der Waals surface area contributed by atoms with E-state index in [1.807, 2.05) is 45.0 Å². The Kier molecular flexibility index (Phi) is 7.57. The summed E-state index contributed by atoms with van der Waals surface area (Å²) in [5.41, 5.74) is 1.21. The number of carbonyl (C=O) groups is 3. The molecule has 7 heteroatoms. The van der Waals surface area contributed by atoms with E-state index >= 15 is 0 Å². The lowest BCUT2D eigenvalue weighted by Crippen LogP contribution is -2.43. The van der Waals surface area contributed by atoms with Crippen LogP contribution < -0.4 is 0 Å². The van der Waals surface area contributed by atoms with Crippen LogP contribution in [0.3, 0.4) is 0 Å². The van der Waals surface area contributed by atoms with Crippen molar-refractivity contribution in [2.75, 3.05) is 26.7 Å². The molecule has 0 aromatic heterocycles. The van der Waals surface area contributed by atoms with E-state index in [1.165, 1.54) is 11.9 Å². The molecule has 1 aromatic carbocycles. The van der Waals surface area contributed by atoms with Crippen LogP contribution in [0.25, 0.3) is 0 Å². The lowest BCUT2D eigenvalue weighted by Gasteiger charge is -2.33. The van der Waals surface area contributed by atoms with E-state index in [-0.39, 0.29) is 29.9 Å². The lowest BCUT2D eigenvalue weighted by atomic mass is 9.89. The zero-order valence-corrected chi connectivity index (χ0v) is 19.3. The molecule has 2 aliphatic heterocycles. The van der Waals surface area contributed by atoms with Gasteiger partial charge >= 0.3 is 6.09 Å². The number of benzene rings is 1. The summed E-state index contributed by atoms with van der Waals surface area (Å²) in [6.07, 6.45) is 2.22. The van der Waals surface area contributed by atoms with Crippen molar-refractivity contribution in [1.82, 2.24) is 9.80 Å². The highest BCUT2D eigenvalue weighted by molar-refractivity contribution is 6.00. The Balaban J connectivity index is 1.47. The van der Waals surface area contributed by atoms with Gasteiger partial charge in [-0.25, -0.2) is 4.79 Å². The molecule has 0 radical (unpaired) electrons. The highest BCUT2D eigenvalue weighted by Gasteiger charge is 2.32. The monoisotopic (exact) mass is 440 g/mol. The molecule has 0 N–H and O–H groups in total. The summed E-state index contributed by atoms with van der Waals surface area (Å²) in [5, 5.41) is 0. The van der Waals surface area contributed by atoms with E-state index in [0.717, 1.165) is 24.0 Å². The van der Waals surface area contributed by atoms with E-state index in [0.29, 0.717) is 32.5 Å². The van der Waals surface area contributed by atoms with Crippen LogP contribution in [-0.4, -0.2) is 66.2 Å². The van der Waals surface area contributed by atoms with Crippen LogP contribution in [0.5, 0.6) is 0 Å². The molecular formula is C25H32N2O5. The number of piperidine rings is 2. The van der Waals surface area contributed by atoms with Crippen molar-refractivity contribution < 1.29 is 23.9 Å². The third kappa shape index (κ3) is 6.33. The lowest BCUT2D eigenvalue weighted by molar-refractivity contribution is -0.147. The second-order valence-electron chi connectivity index (χ2n) is 9.29. The molecule has 2 aliphatic rings. The number of ether oxygens (including phenoxy) is 2. The number of likely N-dealkylation sites (tertiary alicyclic amines) is 2. The van der Waals surface area contributed by atoms with Crippen LogP contribution in [0.4, 0.5) is 4.79 Å². The number of imide groups is 1. The molecule has 1 aromatic rings. The molecule has 2 saturated heterocycles. The fraction of sp³-hybridized carbons (Fsp3) is 0.560. The van der Waals surface area contributed by atoms with E-state index < -0.39 is 5.60 Å².